The van der Waals surface area contributed by atoms with Crippen LogP contribution < -0.4 is 5.32 Å². The molecule has 15 heavy (non-hydrogen) atoms. The molecular weight excluding hydrogens is 188 g/mol. The lowest BCUT2D eigenvalue weighted by molar-refractivity contribution is 0.526. The molecule has 1 aromatic heterocycles. The van der Waals surface area contributed by atoms with Crippen LogP contribution in [0.5, 0.6) is 0 Å². The van der Waals surface area contributed by atoms with Gasteiger partial charge in [0.15, 0.2) is 0 Å². The standard InChI is InChI=1S/C11H22N4/c1-5-7-15-10(4)13-14-11(15)8-9(3)12-6-2/h9,12H,5-8H2,1-4H3. The zero-order chi connectivity index (χ0) is 11.3. The molecule has 0 saturated carbocycles. The van der Waals surface area contributed by atoms with E-state index in [1.165, 1.54) is 0 Å². The van der Waals surface area contributed by atoms with Gasteiger partial charge in [0.25, 0.3) is 0 Å². The molecule has 0 saturated heterocycles. The monoisotopic (exact) mass is 210 g/mol. The Balaban J connectivity index is 2.67. The van der Waals surface area contributed by atoms with E-state index in [1.54, 1.807) is 0 Å². The number of aromatic nitrogens is 3. The topological polar surface area (TPSA) is 42.7 Å². The molecule has 1 unspecified atom stereocenters. The summed E-state index contributed by atoms with van der Waals surface area (Å²) in [5, 5.41) is 11.8. The van der Waals surface area contributed by atoms with Gasteiger partial charge in [0.05, 0.1) is 0 Å². The molecule has 0 aromatic carbocycles. The highest BCUT2D eigenvalue weighted by atomic mass is 15.3. The van der Waals surface area contributed by atoms with Crippen LogP contribution in [0.15, 0.2) is 0 Å². The lowest BCUT2D eigenvalue weighted by Gasteiger charge is -2.12. The molecule has 1 heterocycles. The van der Waals surface area contributed by atoms with E-state index < -0.39 is 0 Å². The first-order valence-corrected chi connectivity index (χ1v) is 5.81. The largest absolute Gasteiger partial charge is 0.315 e. The van der Waals surface area contributed by atoms with E-state index in [0.717, 1.165) is 37.6 Å². The highest BCUT2D eigenvalue weighted by Crippen LogP contribution is 2.05. The molecule has 1 N–H and O–H groups in total. The van der Waals surface area contributed by atoms with Gasteiger partial charge in [-0.25, -0.2) is 0 Å². The number of nitrogens with one attached hydrogen (secondary N) is 1. The number of nitrogens with zero attached hydrogens (tertiary/aromatic N) is 3. The summed E-state index contributed by atoms with van der Waals surface area (Å²) in [5.41, 5.74) is 0. The van der Waals surface area contributed by atoms with Crippen LogP contribution in [-0.4, -0.2) is 27.4 Å². The van der Waals surface area contributed by atoms with Gasteiger partial charge in [0.2, 0.25) is 0 Å². The summed E-state index contributed by atoms with van der Waals surface area (Å²) in [6, 6.07) is 0.467. The first-order chi connectivity index (χ1) is 7.19. The Morgan fingerprint density at radius 1 is 1.33 bits per heavy atom. The van der Waals surface area contributed by atoms with Crippen molar-refractivity contribution in [2.45, 2.75) is 53.1 Å². The van der Waals surface area contributed by atoms with Crippen molar-refractivity contribution in [1.82, 2.24) is 20.1 Å². The van der Waals surface area contributed by atoms with E-state index in [-0.39, 0.29) is 0 Å². The quantitative estimate of drug-likeness (QED) is 0.774. The van der Waals surface area contributed by atoms with Crippen molar-refractivity contribution in [2.75, 3.05) is 6.54 Å². The molecule has 0 aliphatic carbocycles. The Kier molecular flexibility index (Phi) is 4.75. The number of rotatable bonds is 6. The van der Waals surface area contributed by atoms with Crippen molar-refractivity contribution in [3.05, 3.63) is 11.6 Å². The first kappa shape index (κ1) is 12.2. The third-order valence-corrected chi connectivity index (χ3v) is 2.50. The van der Waals surface area contributed by atoms with Gasteiger partial charge >= 0.3 is 0 Å². The van der Waals surface area contributed by atoms with Crippen LogP contribution in [0.1, 0.15) is 38.8 Å². The number of likely N-dealkylation sites (N-methyl/N-ethyl adjacent to an activating group) is 1. The third-order valence-electron chi connectivity index (χ3n) is 2.50. The fourth-order valence-corrected chi connectivity index (χ4v) is 1.78. The van der Waals surface area contributed by atoms with Gasteiger partial charge in [-0.3, -0.25) is 0 Å². The second-order valence-corrected chi connectivity index (χ2v) is 3.98. The molecule has 0 bridgehead atoms. The normalized spacial score (nSPS) is 13.1. The zero-order valence-corrected chi connectivity index (χ0v) is 10.2. The zero-order valence-electron chi connectivity index (χ0n) is 10.2. The maximum Gasteiger partial charge on any atom is 0.134 e. The molecule has 4 heteroatoms. The Morgan fingerprint density at radius 3 is 2.67 bits per heavy atom. The van der Waals surface area contributed by atoms with Gasteiger partial charge in [0.1, 0.15) is 11.6 Å². The predicted molar refractivity (Wildman–Crippen MR) is 61.9 cm³/mol. The lowest BCUT2D eigenvalue weighted by Crippen LogP contribution is -2.29. The maximum atomic E-state index is 4.23. The van der Waals surface area contributed by atoms with Crippen LogP contribution in [0.3, 0.4) is 0 Å². The predicted octanol–water partition coefficient (Wildman–Crippen LogP) is 1.54. The molecule has 1 aromatic rings. The van der Waals surface area contributed by atoms with Gasteiger partial charge in [-0.2, -0.15) is 0 Å². The van der Waals surface area contributed by atoms with E-state index in [4.69, 9.17) is 0 Å². The van der Waals surface area contributed by atoms with Crippen LogP contribution in [-0.2, 0) is 13.0 Å². The minimum absolute atomic E-state index is 0.467. The second kappa shape index (κ2) is 5.85. The van der Waals surface area contributed by atoms with E-state index in [0.29, 0.717) is 6.04 Å². The SMILES string of the molecule is CCCn1c(C)nnc1CC(C)NCC. The minimum atomic E-state index is 0.467. The van der Waals surface area contributed by atoms with Crippen molar-refractivity contribution in [1.29, 1.82) is 0 Å². The minimum Gasteiger partial charge on any atom is -0.315 e. The van der Waals surface area contributed by atoms with Crippen molar-refractivity contribution < 1.29 is 0 Å². The molecule has 0 fully saturated rings. The average molecular weight is 210 g/mol. The fraction of sp³-hybridized carbons (Fsp3) is 0.818. The molecule has 0 aliphatic heterocycles. The molecule has 0 radical (unpaired) electrons. The summed E-state index contributed by atoms with van der Waals surface area (Å²) in [5.74, 6) is 2.12. The average Bonchev–Trinajstić information content (AvgIpc) is 2.51. The van der Waals surface area contributed by atoms with Crippen LogP contribution in [0.4, 0.5) is 0 Å². The van der Waals surface area contributed by atoms with E-state index >= 15 is 0 Å². The molecule has 4 nitrogen and oxygen atoms in total. The molecule has 1 atom stereocenters. The lowest BCUT2D eigenvalue weighted by atomic mass is 10.2. The molecule has 0 amide bonds. The Labute approximate surface area is 92.1 Å². The van der Waals surface area contributed by atoms with Crippen molar-refractivity contribution >= 4 is 0 Å². The maximum absolute atomic E-state index is 4.23. The highest BCUT2D eigenvalue weighted by Gasteiger charge is 2.10. The third kappa shape index (κ3) is 3.30. The van der Waals surface area contributed by atoms with Crippen molar-refractivity contribution in [3.8, 4) is 0 Å². The van der Waals surface area contributed by atoms with Crippen LogP contribution in [0.2, 0.25) is 0 Å². The molecule has 1 rings (SSSR count). The van der Waals surface area contributed by atoms with E-state index in [2.05, 4.69) is 40.9 Å². The van der Waals surface area contributed by atoms with E-state index in [1.807, 2.05) is 6.92 Å². The summed E-state index contributed by atoms with van der Waals surface area (Å²) in [6.45, 7) is 10.5. The van der Waals surface area contributed by atoms with Crippen LogP contribution >= 0.6 is 0 Å². The summed E-state index contributed by atoms with van der Waals surface area (Å²) in [6.07, 6.45) is 2.08. The number of hydrogen-bond acceptors (Lipinski definition) is 3. The van der Waals surface area contributed by atoms with Crippen molar-refractivity contribution in [2.24, 2.45) is 0 Å². The highest BCUT2D eigenvalue weighted by molar-refractivity contribution is 4.96. The first-order valence-electron chi connectivity index (χ1n) is 5.81. The second-order valence-electron chi connectivity index (χ2n) is 3.98. The van der Waals surface area contributed by atoms with Gasteiger partial charge in [-0.15, -0.1) is 10.2 Å². The van der Waals surface area contributed by atoms with Crippen LogP contribution in [0.25, 0.3) is 0 Å². The Bertz CT molecular complexity index is 293. The molecule has 0 aliphatic rings. The van der Waals surface area contributed by atoms with E-state index in [9.17, 15) is 0 Å². The molecule has 86 valence electrons. The number of hydrogen-bond donors (Lipinski definition) is 1. The summed E-state index contributed by atoms with van der Waals surface area (Å²) in [7, 11) is 0. The van der Waals surface area contributed by atoms with Gasteiger partial charge in [0, 0.05) is 19.0 Å². The summed E-state index contributed by atoms with van der Waals surface area (Å²) < 4.78 is 2.22. The van der Waals surface area contributed by atoms with Crippen molar-refractivity contribution in [3.63, 3.8) is 0 Å². The summed E-state index contributed by atoms with van der Waals surface area (Å²) in [4.78, 5) is 0. The smallest absolute Gasteiger partial charge is 0.134 e. The van der Waals surface area contributed by atoms with Gasteiger partial charge < -0.3 is 9.88 Å². The summed E-state index contributed by atoms with van der Waals surface area (Å²) >= 11 is 0. The Hall–Kier alpha value is -0.900. The van der Waals surface area contributed by atoms with Gasteiger partial charge in [-0.1, -0.05) is 13.8 Å². The molecular formula is C11H22N4. The van der Waals surface area contributed by atoms with Crippen LogP contribution in [0, 0.1) is 6.92 Å². The fourth-order valence-electron chi connectivity index (χ4n) is 1.78. The number of aryl methyl sites for hydroxylation is 1. The van der Waals surface area contributed by atoms with Gasteiger partial charge in [-0.05, 0) is 26.8 Å². The Morgan fingerprint density at radius 2 is 2.07 bits per heavy atom. The molecule has 0 spiro atoms.